The molecule has 0 fully saturated rings. The number of nitrogen functional groups attached to an aromatic ring is 1. The van der Waals surface area contributed by atoms with E-state index in [1.165, 1.54) is 18.2 Å². The minimum Gasteiger partial charge on any atom is -0.443 e. The van der Waals surface area contributed by atoms with Crippen LogP contribution in [0.25, 0.3) is 0 Å². The third kappa shape index (κ3) is 7.15. The Morgan fingerprint density at radius 1 is 0.912 bits per heavy atom. The smallest absolute Gasteiger partial charge is 0.424 e. The number of benzene rings is 2. The zero-order valence-corrected chi connectivity index (χ0v) is 20.5. The highest BCUT2D eigenvalue weighted by atomic mass is 35.5. The summed E-state index contributed by atoms with van der Waals surface area (Å²) in [7, 11) is 0. The van der Waals surface area contributed by atoms with Crippen molar-refractivity contribution < 1.29 is 32.6 Å². The fourth-order valence-electron chi connectivity index (χ4n) is 2.80. The number of nitrogens with zero attached hydrogens (tertiary/aromatic N) is 1. The third-order valence-electron chi connectivity index (χ3n) is 4.15. The molecule has 0 saturated heterocycles. The van der Waals surface area contributed by atoms with Gasteiger partial charge in [-0.3, -0.25) is 4.79 Å². The number of amides is 2. The maximum Gasteiger partial charge on any atom is 0.424 e. The number of ketones is 1. The summed E-state index contributed by atoms with van der Waals surface area (Å²) in [6.45, 7) is 9.32. The maximum atomic E-state index is 14.8. The lowest BCUT2D eigenvalue weighted by Crippen LogP contribution is -2.44. The number of nitrogens with two attached hydrogens (primary N) is 1. The summed E-state index contributed by atoms with van der Waals surface area (Å²) in [5.41, 5.74) is 3.04. The van der Waals surface area contributed by atoms with E-state index < -0.39 is 52.9 Å². The highest BCUT2D eigenvalue weighted by molar-refractivity contribution is 6.34. The van der Waals surface area contributed by atoms with Crippen LogP contribution in [0.1, 0.15) is 57.5 Å². The lowest BCUT2D eigenvalue weighted by atomic mass is 10.0. The van der Waals surface area contributed by atoms with Crippen molar-refractivity contribution in [3.63, 3.8) is 0 Å². The molecule has 184 valence electrons. The lowest BCUT2D eigenvalue weighted by molar-refractivity contribution is 0.0428. The number of imide groups is 1. The second-order valence-electron chi connectivity index (χ2n) is 9.53. The van der Waals surface area contributed by atoms with Crippen molar-refractivity contribution in [2.45, 2.75) is 59.2 Å². The van der Waals surface area contributed by atoms with E-state index in [0.29, 0.717) is 11.0 Å². The molecule has 0 spiro atoms. The molecule has 2 amide bonds. The van der Waals surface area contributed by atoms with E-state index in [4.69, 9.17) is 26.8 Å². The number of hydrogen-bond donors (Lipinski definition) is 1. The van der Waals surface area contributed by atoms with Crippen molar-refractivity contribution in [3.05, 3.63) is 58.1 Å². The maximum absolute atomic E-state index is 14.8. The van der Waals surface area contributed by atoms with E-state index in [1.807, 2.05) is 0 Å². The summed E-state index contributed by atoms with van der Waals surface area (Å²) < 4.78 is 39.9. The van der Waals surface area contributed by atoms with E-state index in [0.717, 1.165) is 6.07 Å². The molecule has 34 heavy (non-hydrogen) atoms. The number of ether oxygens (including phenoxy) is 2. The molecule has 0 aliphatic carbocycles. The zero-order valence-electron chi connectivity index (χ0n) is 19.8. The molecular formula is C24H27ClF2N2O5. The normalized spacial score (nSPS) is 11.7. The van der Waals surface area contributed by atoms with Crippen LogP contribution < -0.4 is 10.6 Å². The molecule has 0 bridgehead atoms. The van der Waals surface area contributed by atoms with Gasteiger partial charge in [0.05, 0.1) is 10.7 Å². The average Bonchev–Trinajstić information content (AvgIpc) is 2.64. The molecule has 0 aliphatic rings. The van der Waals surface area contributed by atoms with Crippen LogP contribution in [0, 0.1) is 11.6 Å². The SMILES string of the molecule is CC(C)(C)OC(=O)N(C(=O)OC(C)(C)C)c1cc(CC(=O)c2cc(N)ccc2Cl)c(F)cc1F. The lowest BCUT2D eigenvalue weighted by Gasteiger charge is -2.29. The third-order valence-corrected chi connectivity index (χ3v) is 4.48. The van der Waals surface area contributed by atoms with E-state index in [9.17, 15) is 23.2 Å². The van der Waals surface area contributed by atoms with Crippen LogP contribution in [0.15, 0.2) is 30.3 Å². The first-order valence-electron chi connectivity index (χ1n) is 10.3. The second kappa shape index (κ2) is 9.97. The van der Waals surface area contributed by atoms with Gasteiger partial charge in [-0.05, 0) is 71.4 Å². The van der Waals surface area contributed by atoms with Gasteiger partial charge in [-0.15, -0.1) is 0 Å². The van der Waals surface area contributed by atoms with E-state index in [2.05, 4.69) is 0 Å². The van der Waals surface area contributed by atoms with Gasteiger partial charge in [0.2, 0.25) is 0 Å². The summed E-state index contributed by atoms with van der Waals surface area (Å²) >= 11 is 6.05. The van der Waals surface area contributed by atoms with Gasteiger partial charge in [0.25, 0.3) is 0 Å². The molecule has 2 N–H and O–H groups in total. The Hall–Kier alpha value is -3.20. The van der Waals surface area contributed by atoms with Gasteiger partial charge in [-0.25, -0.2) is 18.4 Å². The van der Waals surface area contributed by atoms with E-state index in [1.54, 1.807) is 41.5 Å². The molecule has 0 radical (unpaired) electrons. The molecule has 7 nitrogen and oxygen atoms in total. The predicted octanol–water partition coefficient (Wildman–Crippen LogP) is 6.30. The first-order valence-corrected chi connectivity index (χ1v) is 10.7. The van der Waals surface area contributed by atoms with Crippen LogP contribution in [-0.2, 0) is 15.9 Å². The second-order valence-corrected chi connectivity index (χ2v) is 9.94. The van der Waals surface area contributed by atoms with Gasteiger partial charge in [-0.2, -0.15) is 4.90 Å². The Morgan fingerprint density at radius 2 is 1.44 bits per heavy atom. The molecule has 0 atom stereocenters. The van der Waals surface area contributed by atoms with Crippen molar-refractivity contribution in [2.75, 3.05) is 10.6 Å². The average molecular weight is 497 g/mol. The Labute approximate surface area is 201 Å². The monoisotopic (exact) mass is 496 g/mol. The number of carbonyl (C=O) groups is 3. The fourth-order valence-corrected chi connectivity index (χ4v) is 3.02. The van der Waals surface area contributed by atoms with Gasteiger partial charge in [0.1, 0.15) is 17.0 Å². The number of carbonyl (C=O) groups excluding carboxylic acids is 3. The fraction of sp³-hybridized carbons (Fsp3) is 0.375. The topological polar surface area (TPSA) is 98.9 Å². The van der Waals surface area contributed by atoms with Crippen molar-refractivity contribution >= 4 is 40.9 Å². The predicted molar refractivity (Wildman–Crippen MR) is 125 cm³/mol. The molecule has 0 heterocycles. The Balaban J connectivity index is 2.53. The summed E-state index contributed by atoms with van der Waals surface area (Å²) in [5, 5.41) is 0.103. The van der Waals surface area contributed by atoms with Crippen molar-refractivity contribution in [2.24, 2.45) is 0 Å². The number of anilines is 2. The summed E-state index contributed by atoms with van der Waals surface area (Å²) in [4.78, 5) is 38.7. The van der Waals surface area contributed by atoms with Gasteiger partial charge in [0.15, 0.2) is 11.6 Å². The standard InChI is InChI=1S/C24H27ClF2N2O5/c1-23(2,3)33-21(31)29(22(32)34-24(4,5)6)19-9-13(17(26)12-18(19)27)10-20(30)15-11-14(28)7-8-16(15)25/h7-9,11-12H,10,28H2,1-6H3. The minimum atomic E-state index is -1.23. The van der Waals surface area contributed by atoms with Crippen molar-refractivity contribution in [3.8, 4) is 0 Å². The Morgan fingerprint density at radius 3 is 1.94 bits per heavy atom. The van der Waals surface area contributed by atoms with Gasteiger partial charge in [0, 0.05) is 23.7 Å². The molecule has 0 aromatic heterocycles. The largest absolute Gasteiger partial charge is 0.443 e. The van der Waals surface area contributed by atoms with Crippen LogP contribution in [-0.4, -0.2) is 29.2 Å². The molecule has 2 aromatic rings. The highest BCUT2D eigenvalue weighted by Crippen LogP contribution is 2.29. The summed E-state index contributed by atoms with van der Waals surface area (Å²) in [5.74, 6) is -2.88. The number of rotatable bonds is 4. The van der Waals surface area contributed by atoms with Crippen LogP contribution >= 0.6 is 11.6 Å². The zero-order chi connectivity index (χ0) is 26.0. The van der Waals surface area contributed by atoms with Crippen LogP contribution in [0.3, 0.4) is 0 Å². The van der Waals surface area contributed by atoms with Crippen LogP contribution in [0.5, 0.6) is 0 Å². The quantitative estimate of drug-likeness (QED) is 0.393. The molecule has 0 aliphatic heterocycles. The Bertz CT molecular complexity index is 1100. The van der Waals surface area contributed by atoms with Crippen molar-refractivity contribution in [1.29, 1.82) is 0 Å². The van der Waals surface area contributed by atoms with E-state index >= 15 is 0 Å². The van der Waals surface area contributed by atoms with Crippen LogP contribution in [0.4, 0.5) is 29.7 Å². The molecule has 0 saturated carbocycles. The first kappa shape index (κ1) is 27.0. The molecular weight excluding hydrogens is 470 g/mol. The van der Waals surface area contributed by atoms with Gasteiger partial charge < -0.3 is 15.2 Å². The number of hydrogen-bond acceptors (Lipinski definition) is 6. The molecule has 0 unspecified atom stereocenters. The highest BCUT2D eigenvalue weighted by Gasteiger charge is 2.35. The van der Waals surface area contributed by atoms with E-state index in [-0.39, 0.29) is 21.8 Å². The van der Waals surface area contributed by atoms with Crippen molar-refractivity contribution in [1.82, 2.24) is 0 Å². The summed E-state index contributed by atoms with van der Waals surface area (Å²) in [6, 6.07) is 5.61. The summed E-state index contributed by atoms with van der Waals surface area (Å²) in [6.07, 6.45) is -3.01. The van der Waals surface area contributed by atoms with Crippen LogP contribution in [0.2, 0.25) is 5.02 Å². The molecule has 2 aromatic carbocycles. The molecule has 10 heteroatoms. The number of Topliss-reactive ketones (excluding diaryl/α,β-unsaturated/α-hetero) is 1. The number of halogens is 3. The van der Waals surface area contributed by atoms with Gasteiger partial charge in [-0.1, -0.05) is 11.6 Å². The Kier molecular flexibility index (Phi) is 7.93. The minimum absolute atomic E-state index is 0.0445. The molecule has 2 rings (SSSR count). The first-order chi connectivity index (χ1) is 15.5. The van der Waals surface area contributed by atoms with Gasteiger partial charge >= 0.3 is 12.2 Å².